The molecule has 1 aliphatic rings. The lowest BCUT2D eigenvalue weighted by molar-refractivity contribution is -0.199. The van der Waals surface area contributed by atoms with E-state index in [1.54, 1.807) is 12.2 Å². The van der Waals surface area contributed by atoms with Gasteiger partial charge in [-0.3, -0.25) is 18.6 Å². The first-order valence-corrected chi connectivity index (χ1v) is 23.8. The molecule has 1 saturated heterocycles. The Morgan fingerprint density at radius 3 is 2.00 bits per heavy atom. The van der Waals surface area contributed by atoms with Gasteiger partial charge in [-0.05, 0) is 57.8 Å². The minimum atomic E-state index is -4.70. The van der Waals surface area contributed by atoms with Gasteiger partial charge < -0.3 is 44.6 Å². The van der Waals surface area contributed by atoms with Gasteiger partial charge in [0, 0.05) is 25.2 Å². The van der Waals surface area contributed by atoms with Crippen molar-refractivity contribution in [2.24, 2.45) is 5.92 Å². The smallest absolute Gasteiger partial charge is 0.462 e. The third-order valence-corrected chi connectivity index (χ3v) is 11.0. The Bertz CT molecular complexity index is 1200. The van der Waals surface area contributed by atoms with Crippen LogP contribution in [0.2, 0.25) is 0 Å². The Balaban J connectivity index is 2.51. The number of phosphoric acid groups is 1. The van der Waals surface area contributed by atoms with Crippen LogP contribution in [0.25, 0.3) is 0 Å². The van der Waals surface area contributed by atoms with Crippen LogP contribution in [0.3, 0.4) is 0 Å². The average molecular weight is 863 g/mol. The maximum absolute atomic E-state index is 12.7. The minimum absolute atomic E-state index is 0.0107. The molecular formula is C44H79O14P. The number of hydrogen-bond acceptors (Lipinski definition) is 13. The van der Waals surface area contributed by atoms with Gasteiger partial charge in [0.25, 0.3) is 0 Å². The Kier molecular flexibility index (Phi) is 33.2. The molecule has 0 radical (unpaired) electrons. The van der Waals surface area contributed by atoms with Crippen molar-refractivity contribution in [3.8, 4) is 0 Å². The first kappa shape index (κ1) is 55.0. The fraction of sp³-hybridized carbons (Fsp3) is 0.818. The summed E-state index contributed by atoms with van der Waals surface area (Å²) in [6.45, 7) is 1.94. The number of aliphatic hydroxyl groups is 5. The van der Waals surface area contributed by atoms with Crippen LogP contribution in [0.5, 0.6) is 0 Å². The molecule has 0 saturated carbocycles. The second-order valence-corrected chi connectivity index (χ2v) is 17.0. The highest BCUT2D eigenvalue weighted by Gasteiger charge is 2.35. The van der Waals surface area contributed by atoms with Crippen LogP contribution in [-0.2, 0) is 37.4 Å². The lowest BCUT2D eigenvalue weighted by Gasteiger charge is -2.36. The zero-order valence-electron chi connectivity index (χ0n) is 36.0. The lowest BCUT2D eigenvalue weighted by atomic mass is 9.87. The summed E-state index contributed by atoms with van der Waals surface area (Å²) in [6.07, 6.45) is 25.8. The van der Waals surface area contributed by atoms with Crippen molar-refractivity contribution >= 4 is 19.8 Å². The molecule has 2 unspecified atom stereocenters. The average Bonchev–Trinajstić information content (AvgIpc) is 3.20. The summed E-state index contributed by atoms with van der Waals surface area (Å²) in [7, 11) is -4.70. The molecular weight excluding hydrogens is 783 g/mol. The van der Waals surface area contributed by atoms with Crippen molar-refractivity contribution in [1.82, 2.24) is 0 Å². The number of aliphatic hydroxyl groups excluding tert-OH is 5. The molecule has 1 heterocycles. The van der Waals surface area contributed by atoms with Crippen molar-refractivity contribution in [1.29, 1.82) is 0 Å². The van der Waals surface area contributed by atoms with Gasteiger partial charge in [0.1, 0.15) is 12.7 Å². The summed E-state index contributed by atoms with van der Waals surface area (Å²) in [5.41, 5.74) is 0. The summed E-state index contributed by atoms with van der Waals surface area (Å²) < 4.78 is 38.4. The van der Waals surface area contributed by atoms with Crippen molar-refractivity contribution in [3.05, 3.63) is 36.5 Å². The van der Waals surface area contributed by atoms with E-state index in [0.717, 1.165) is 51.4 Å². The number of carbonyl (C=O) groups excluding carboxylic acids is 2. The molecule has 0 bridgehead atoms. The van der Waals surface area contributed by atoms with E-state index >= 15 is 0 Å². The largest absolute Gasteiger partial charge is 0.472 e. The highest BCUT2D eigenvalue weighted by Crippen LogP contribution is 2.43. The number of esters is 2. The van der Waals surface area contributed by atoms with E-state index in [1.165, 1.54) is 44.9 Å². The maximum atomic E-state index is 12.7. The highest BCUT2D eigenvalue weighted by atomic mass is 31.2. The molecule has 6 N–H and O–H groups in total. The third kappa shape index (κ3) is 30.7. The van der Waals surface area contributed by atoms with Gasteiger partial charge >= 0.3 is 19.8 Å². The summed E-state index contributed by atoms with van der Waals surface area (Å²) in [4.78, 5) is 35.2. The molecule has 1 rings (SSSR count). The second kappa shape index (κ2) is 35.6. The van der Waals surface area contributed by atoms with Crippen molar-refractivity contribution < 1.29 is 67.8 Å². The SMILES string of the molecule is CCCCCC/C=C\CCCCCCCCCC(=O)OC[C@H](COP(=O)(O)OC[C@@H](O)CO)OC(=O)CCC/C=C\C[C@H]1[C@@H](O)CC(O)O[C@@H]1/C=C/[C@@H](O)CCCCC. The maximum Gasteiger partial charge on any atom is 0.472 e. The first-order chi connectivity index (χ1) is 28.4. The zero-order chi connectivity index (χ0) is 43.6. The van der Waals surface area contributed by atoms with Gasteiger partial charge in [-0.2, -0.15) is 0 Å². The molecule has 0 aromatic rings. The molecule has 8 atom stereocenters. The van der Waals surface area contributed by atoms with Crippen LogP contribution in [0.15, 0.2) is 36.5 Å². The normalized spacial score (nSPS) is 21.2. The Hall–Kier alpha value is -1.97. The summed E-state index contributed by atoms with van der Waals surface area (Å²) in [5, 5.41) is 49.3. The van der Waals surface area contributed by atoms with Gasteiger partial charge in [0.2, 0.25) is 0 Å². The lowest BCUT2D eigenvalue weighted by Crippen LogP contribution is -2.43. The molecule has 0 spiro atoms. The second-order valence-electron chi connectivity index (χ2n) is 15.6. The molecule has 344 valence electrons. The topological polar surface area (TPSA) is 219 Å². The molecule has 0 aliphatic carbocycles. The van der Waals surface area contributed by atoms with Crippen molar-refractivity contribution in [3.63, 3.8) is 0 Å². The molecule has 14 nitrogen and oxygen atoms in total. The van der Waals surface area contributed by atoms with E-state index in [9.17, 15) is 39.5 Å². The van der Waals surface area contributed by atoms with Gasteiger partial charge in [-0.15, -0.1) is 0 Å². The van der Waals surface area contributed by atoms with Crippen LogP contribution in [0.4, 0.5) is 0 Å². The summed E-state index contributed by atoms with van der Waals surface area (Å²) >= 11 is 0. The van der Waals surface area contributed by atoms with Crippen molar-refractivity contribution in [2.75, 3.05) is 26.4 Å². The first-order valence-electron chi connectivity index (χ1n) is 22.3. The number of rotatable bonds is 37. The predicted molar refractivity (Wildman–Crippen MR) is 227 cm³/mol. The quantitative estimate of drug-likeness (QED) is 0.0153. The number of carbonyl (C=O) groups is 2. The fourth-order valence-electron chi connectivity index (χ4n) is 6.50. The van der Waals surface area contributed by atoms with E-state index < -0.39 is 83.0 Å². The fourth-order valence-corrected chi connectivity index (χ4v) is 7.29. The van der Waals surface area contributed by atoms with Crippen LogP contribution in [-0.4, -0.2) is 106 Å². The molecule has 0 aromatic carbocycles. The monoisotopic (exact) mass is 863 g/mol. The van der Waals surface area contributed by atoms with E-state index in [-0.39, 0.29) is 25.2 Å². The summed E-state index contributed by atoms with van der Waals surface area (Å²) in [6, 6.07) is 0. The Morgan fingerprint density at radius 1 is 0.746 bits per heavy atom. The predicted octanol–water partition coefficient (Wildman–Crippen LogP) is 7.66. The van der Waals surface area contributed by atoms with E-state index in [0.29, 0.717) is 32.1 Å². The van der Waals surface area contributed by atoms with E-state index in [2.05, 4.69) is 30.5 Å². The van der Waals surface area contributed by atoms with Crippen LogP contribution in [0, 0.1) is 5.92 Å². The Labute approximate surface area is 354 Å². The van der Waals surface area contributed by atoms with Gasteiger partial charge in [0.05, 0.1) is 38.1 Å². The molecule has 1 aliphatic heterocycles. The van der Waals surface area contributed by atoms with Gasteiger partial charge in [-0.1, -0.05) is 121 Å². The van der Waals surface area contributed by atoms with Gasteiger partial charge in [0.15, 0.2) is 12.4 Å². The highest BCUT2D eigenvalue weighted by molar-refractivity contribution is 7.47. The number of hydrogen-bond donors (Lipinski definition) is 6. The molecule has 59 heavy (non-hydrogen) atoms. The van der Waals surface area contributed by atoms with Gasteiger partial charge in [-0.25, -0.2) is 4.57 Å². The van der Waals surface area contributed by atoms with E-state index in [1.807, 2.05) is 12.2 Å². The third-order valence-electron chi connectivity index (χ3n) is 10.1. The molecule has 1 fully saturated rings. The van der Waals surface area contributed by atoms with Crippen LogP contribution >= 0.6 is 7.82 Å². The molecule has 15 heteroatoms. The van der Waals surface area contributed by atoms with Crippen LogP contribution in [0.1, 0.15) is 162 Å². The number of allylic oxidation sites excluding steroid dienone is 4. The van der Waals surface area contributed by atoms with Crippen molar-refractivity contribution in [2.45, 2.75) is 198 Å². The Morgan fingerprint density at radius 2 is 1.32 bits per heavy atom. The van der Waals surface area contributed by atoms with Crippen LogP contribution < -0.4 is 0 Å². The number of unbranched alkanes of at least 4 members (excludes halogenated alkanes) is 14. The molecule has 0 aromatic heterocycles. The van der Waals surface area contributed by atoms with E-state index in [4.69, 9.17) is 23.8 Å². The molecule has 0 amide bonds. The number of phosphoric ester groups is 1. The standard InChI is InChI=1S/C44H79O14P/c1-3-5-7-8-9-10-11-12-13-14-15-16-17-18-23-27-42(49)54-34-38(35-56-59(52,53)55-33-37(47)32-45)57-43(50)28-24-20-19-22-26-39-40(48)31-44(51)58-41(39)30-29-36(46)25-21-6-4-2/h10-11,19,22,29-30,36-41,44-48,51H,3-9,12-18,20-21,23-28,31-35H2,1-2H3,(H,52,53)/b11-10-,22-19-,30-29+/t36-,37-,38+,39-,40-,41+,44?/m0/s1. The zero-order valence-corrected chi connectivity index (χ0v) is 36.9. The minimum Gasteiger partial charge on any atom is -0.462 e. The summed E-state index contributed by atoms with van der Waals surface area (Å²) in [5.74, 6) is -1.47. The number of ether oxygens (including phenoxy) is 3.